The van der Waals surface area contributed by atoms with Crippen molar-refractivity contribution in [1.82, 2.24) is 0 Å². The minimum Gasteiger partial charge on any atom is -0.492 e. The highest BCUT2D eigenvalue weighted by Crippen LogP contribution is 2.32. The van der Waals surface area contributed by atoms with Gasteiger partial charge in [-0.05, 0) is 37.0 Å². The molecule has 1 aromatic carbocycles. The van der Waals surface area contributed by atoms with Crippen molar-refractivity contribution in [3.63, 3.8) is 0 Å². The summed E-state index contributed by atoms with van der Waals surface area (Å²) in [5.41, 5.74) is 0. The predicted molar refractivity (Wildman–Crippen MR) is 52.9 cm³/mol. The molecule has 0 atom stereocenters. The normalized spacial score (nSPS) is 16.1. The molecule has 0 unspecified atom stereocenters. The molecule has 2 rings (SSSR count). The van der Waals surface area contributed by atoms with Crippen LogP contribution in [0.25, 0.3) is 0 Å². The molecule has 0 N–H and O–H groups in total. The predicted octanol–water partition coefficient (Wildman–Crippen LogP) is 2.27. The van der Waals surface area contributed by atoms with Crippen molar-refractivity contribution in [2.45, 2.75) is 17.7 Å². The molecular formula is C10H10F2O3S. The average Bonchev–Trinajstić information content (AvgIpc) is 2.98. The summed E-state index contributed by atoms with van der Waals surface area (Å²) in [6.45, 7) is 0.341. The standard InChI is InChI=1S/C10H10F2O3S/c11-8-3-4-9(15-6-7-1-2-7)10(5-8)16(12,13)14/h3-5,7H,1-2,6H2. The van der Waals surface area contributed by atoms with Gasteiger partial charge in [0.2, 0.25) is 0 Å². The summed E-state index contributed by atoms with van der Waals surface area (Å²) in [5, 5.41) is 0. The fourth-order valence-electron chi connectivity index (χ4n) is 1.28. The SMILES string of the molecule is O=S(=O)(F)c1cc(F)ccc1OCC1CC1. The lowest BCUT2D eigenvalue weighted by molar-refractivity contribution is 0.291. The van der Waals surface area contributed by atoms with Gasteiger partial charge in [-0.3, -0.25) is 0 Å². The first-order valence-corrected chi connectivity index (χ1v) is 6.22. The van der Waals surface area contributed by atoms with Gasteiger partial charge in [0.15, 0.2) is 0 Å². The molecule has 0 amide bonds. The fourth-order valence-corrected chi connectivity index (χ4v) is 1.90. The first kappa shape index (κ1) is 11.3. The van der Waals surface area contributed by atoms with E-state index in [4.69, 9.17) is 4.74 Å². The maximum atomic E-state index is 12.8. The molecule has 1 saturated carbocycles. The van der Waals surface area contributed by atoms with Crippen LogP contribution in [0.15, 0.2) is 23.1 Å². The molecule has 0 bridgehead atoms. The van der Waals surface area contributed by atoms with Crippen LogP contribution in [0.1, 0.15) is 12.8 Å². The van der Waals surface area contributed by atoms with Gasteiger partial charge in [-0.25, -0.2) is 4.39 Å². The van der Waals surface area contributed by atoms with Gasteiger partial charge < -0.3 is 4.74 Å². The summed E-state index contributed by atoms with van der Waals surface area (Å²) in [4.78, 5) is -0.742. The van der Waals surface area contributed by atoms with Gasteiger partial charge >= 0.3 is 10.2 Å². The molecule has 1 aliphatic rings. The van der Waals surface area contributed by atoms with Crippen molar-refractivity contribution in [1.29, 1.82) is 0 Å². The molecule has 0 heterocycles. The highest BCUT2D eigenvalue weighted by Gasteiger charge is 2.24. The van der Waals surface area contributed by atoms with E-state index in [1.165, 1.54) is 0 Å². The zero-order chi connectivity index (χ0) is 11.8. The van der Waals surface area contributed by atoms with E-state index >= 15 is 0 Å². The maximum absolute atomic E-state index is 12.8. The number of ether oxygens (including phenoxy) is 1. The third kappa shape index (κ3) is 2.69. The van der Waals surface area contributed by atoms with Gasteiger partial charge in [0.1, 0.15) is 16.5 Å². The number of hydrogen-bond acceptors (Lipinski definition) is 3. The number of halogens is 2. The molecule has 0 radical (unpaired) electrons. The van der Waals surface area contributed by atoms with Gasteiger partial charge in [-0.1, -0.05) is 0 Å². The number of hydrogen-bond donors (Lipinski definition) is 0. The van der Waals surface area contributed by atoms with E-state index in [9.17, 15) is 16.7 Å². The minimum absolute atomic E-state index is 0.129. The van der Waals surface area contributed by atoms with E-state index < -0.39 is 20.9 Å². The highest BCUT2D eigenvalue weighted by atomic mass is 32.3. The lowest BCUT2D eigenvalue weighted by atomic mass is 10.3. The van der Waals surface area contributed by atoms with E-state index in [1.54, 1.807) is 0 Å². The highest BCUT2D eigenvalue weighted by molar-refractivity contribution is 7.86. The molecule has 88 valence electrons. The lowest BCUT2D eigenvalue weighted by Gasteiger charge is -2.08. The maximum Gasteiger partial charge on any atom is 0.335 e. The molecule has 0 spiro atoms. The second-order valence-electron chi connectivity index (χ2n) is 3.78. The minimum atomic E-state index is -4.95. The van der Waals surface area contributed by atoms with E-state index in [0.717, 1.165) is 25.0 Å². The second kappa shape index (κ2) is 4.01. The Bertz CT molecular complexity index is 495. The summed E-state index contributed by atoms with van der Waals surface area (Å²) in [6, 6.07) is 2.79. The van der Waals surface area contributed by atoms with Crippen molar-refractivity contribution in [2.75, 3.05) is 6.61 Å². The molecule has 3 nitrogen and oxygen atoms in total. The van der Waals surface area contributed by atoms with Gasteiger partial charge in [0.05, 0.1) is 6.61 Å². The molecule has 1 aromatic rings. The molecule has 0 saturated heterocycles. The van der Waals surface area contributed by atoms with Crippen molar-refractivity contribution < 1.29 is 21.4 Å². The first-order chi connectivity index (χ1) is 7.47. The summed E-state index contributed by atoms with van der Waals surface area (Å²) < 4.78 is 52.3. The van der Waals surface area contributed by atoms with Gasteiger partial charge in [-0.15, -0.1) is 3.89 Å². The molecule has 1 aliphatic carbocycles. The Balaban J connectivity index is 2.27. The van der Waals surface area contributed by atoms with Crippen LogP contribution in [-0.4, -0.2) is 15.0 Å². The zero-order valence-electron chi connectivity index (χ0n) is 8.32. The van der Waals surface area contributed by atoms with Crippen LogP contribution in [0.5, 0.6) is 5.75 Å². The van der Waals surface area contributed by atoms with Crippen molar-refractivity contribution in [2.24, 2.45) is 5.92 Å². The summed E-state index contributed by atoms with van der Waals surface area (Å²) in [6.07, 6.45) is 2.05. The van der Waals surface area contributed by atoms with E-state index in [2.05, 4.69) is 0 Å². The van der Waals surface area contributed by atoms with Crippen LogP contribution in [0.4, 0.5) is 8.28 Å². The van der Waals surface area contributed by atoms with Crippen molar-refractivity contribution in [3.8, 4) is 5.75 Å². The van der Waals surface area contributed by atoms with Crippen LogP contribution < -0.4 is 4.74 Å². The second-order valence-corrected chi connectivity index (χ2v) is 5.10. The molecular weight excluding hydrogens is 238 g/mol. The third-order valence-corrected chi connectivity index (χ3v) is 3.18. The van der Waals surface area contributed by atoms with E-state index in [0.29, 0.717) is 18.6 Å². The van der Waals surface area contributed by atoms with Crippen LogP contribution >= 0.6 is 0 Å². The van der Waals surface area contributed by atoms with Gasteiger partial charge in [0, 0.05) is 0 Å². The Kier molecular flexibility index (Phi) is 2.84. The van der Waals surface area contributed by atoms with Crippen molar-refractivity contribution in [3.05, 3.63) is 24.0 Å². The van der Waals surface area contributed by atoms with E-state index in [1.807, 2.05) is 0 Å². The Morgan fingerprint density at radius 2 is 2.06 bits per heavy atom. The average molecular weight is 248 g/mol. The van der Waals surface area contributed by atoms with Crippen LogP contribution in [-0.2, 0) is 10.2 Å². The largest absolute Gasteiger partial charge is 0.492 e. The Hall–Kier alpha value is -1.17. The van der Waals surface area contributed by atoms with E-state index in [-0.39, 0.29) is 5.75 Å². The van der Waals surface area contributed by atoms with Gasteiger partial charge in [0.25, 0.3) is 0 Å². The monoisotopic (exact) mass is 248 g/mol. The summed E-state index contributed by atoms with van der Waals surface area (Å²) >= 11 is 0. The zero-order valence-corrected chi connectivity index (χ0v) is 9.14. The van der Waals surface area contributed by atoms with Crippen LogP contribution in [0.3, 0.4) is 0 Å². The van der Waals surface area contributed by atoms with Gasteiger partial charge in [-0.2, -0.15) is 8.42 Å². The Labute approximate surface area is 92.3 Å². The van der Waals surface area contributed by atoms with Crippen LogP contribution in [0, 0.1) is 11.7 Å². The summed E-state index contributed by atoms with van der Waals surface area (Å²) in [5.74, 6) is -0.536. The fraction of sp³-hybridized carbons (Fsp3) is 0.400. The first-order valence-electron chi connectivity index (χ1n) is 4.84. The van der Waals surface area contributed by atoms with Crippen molar-refractivity contribution >= 4 is 10.2 Å². The van der Waals surface area contributed by atoms with Crippen LogP contribution in [0.2, 0.25) is 0 Å². The molecule has 1 fully saturated rings. The topological polar surface area (TPSA) is 43.4 Å². The quantitative estimate of drug-likeness (QED) is 0.768. The third-order valence-electron chi connectivity index (χ3n) is 2.34. The Morgan fingerprint density at radius 3 is 2.62 bits per heavy atom. The smallest absolute Gasteiger partial charge is 0.335 e. The molecule has 16 heavy (non-hydrogen) atoms. The summed E-state index contributed by atoms with van der Waals surface area (Å²) in [7, 11) is -4.95. The molecule has 0 aromatic heterocycles. The Morgan fingerprint density at radius 1 is 1.38 bits per heavy atom. The lowest BCUT2D eigenvalue weighted by Crippen LogP contribution is -2.04. The number of benzene rings is 1. The molecule has 0 aliphatic heterocycles. The molecule has 6 heteroatoms. The number of rotatable bonds is 4.